The van der Waals surface area contributed by atoms with E-state index in [1.807, 2.05) is 13.8 Å². The molecule has 1 N–H and O–H groups in total. The molecule has 0 spiro atoms. The minimum atomic E-state index is -0.711. The molecule has 1 aliphatic rings. The van der Waals surface area contributed by atoms with Crippen LogP contribution >= 0.6 is 0 Å². The molecule has 0 aromatic rings. The smallest absolute Gasteiger partial charge is 0.277 e. The van der Waals surface area contributed by atoms with Gasteiger partial charge in [0.2, 0.25) is 11.8 Å². The second-order valence-electron chi connectivity index (χ2n) is 4.10. The van der Waals surface area contributed by atoms with Gasteiger partial charge in [-0.3, -0.25) is 19.8 Å². The molecule has 5 nitrogen and oxygen atoms in total. The van der Waals surface area contributed by atoms with Gasteiger partial charge < -0.3 is 0 Å². The van der Waals surface area contributed by atoms with Gasteiger partial charge in [0.1, 0.15) is 5.92 Å². The number of imide groups is 2. The number of rotatable bonds is 4. The predicted molar refractivity (Wildman–Crippen MR) is 58.5 cm³/mol. The van der Waals surface area contributed by atoms with Crippen molar-refractivity contribution < 1.29 is 14.4 Å². The lowest BCUT2D eigenvalue weighted by atomic mass is 10.00. The summed E-state index contributed by atoms with van der Waals surface area (Å²) in [6, 6.07) is -0.736. The third-order valence-corrected chi connectivity index (χ3v) is 2.86. The number of carbonyl (C=O) groups is 3. The molecule has 1 aliphatic heterocycles. The molecule has 4 amide bonds. The molecule has 16 heavy (non-hydrogen) atoms. The van der Waals surface area contributed by atoms with Gasteiger partial charge in [0.05, 0.1) is 0 Å². The molecule has 0 radical (unpaired) electrons. The zero-order chi connectivity index (χ0) is 12.3. The molecule has 2 atom stereocenters. The lowest BCUT2D eigenvalue weighted by Crippen LogP contribution is -2.60. The van der Waals surface area contributed by atoms with Crippen LogP contribution in [-0.2, 0) is 9.59 Å². The highest BCUT2D eigenvalue weighted by molar-refractivity contribution is 6.16. The van der Waals surface area contributed by atoms with Crippen LogP contribution in [0.15, 0.2) is 0 Å². The second kappa shape index (κ2) is 5.09. The summed E-state index contributed by atoms with van der Waals surface area (Å²) >= 11 is 0. The Morgan fingerprint density at radius 1 is 1.31 bits per heavy atom. The summed E-state index contributed by atoms with van der Waals surface area (Å²) in [4.78, 5) is 36.1. The summed E-state index contributed by atoms with van der Waals surface area (Å²) in [6.07, 6.45) is 2.07. The number of barbiturate groups is 1. The molecule has 5 heteroatoms. The van der Waals surface area contributed by atoms with Gasteiger partial charge in [0.15, 0.2) is 0 Å². The van der Waals surface area contributed by atoms with Crippen molar-refractivity contribution in [3.05, 3.63) is 0 Å². The highest BCUT2D eigenvalue weighted by Gasteiger charge is 2.40. The van der Waals surface area contributed by atoms with Crippen molar-refractivity contribution in [2.45, 2.75) is 46.1 Å². The van der Waals surface area contributed by atoms with Gasteiger partial charge in [-0.25, -0.2) is 4.79 Å². The Bertz CT molecular complexity index is 314. The van der Waals surface area contributed by atoms with E-state index in [2.05, 4.69) is 5.32 Å². The molecule has 1 saturated heterocycles. The first kappa shape index (κ1) is 12.7. The van der Waals surface area contributed by atoms with Crippen LogP contribution in [0.4, 0.5) is 4.79 Å². The molecule has 2 unspecified atom stereocenters. The summed E-state index contributed by atoms with van der Waals surface area (Å²) in [5.41, 5.74) is 0. The topological polar surface area (TPSA) is 66.5 Å². The van der Waals surface area contributed by atoms with Gasteiger partial charge in [-0.15, -0.1) is 0 Å². The second-order valence-corrected chi connectivity index (χ2v) is 4.10. The number of nitrogens with one attached hydrogen (secondary N) is 1. The maximum absolute atomic E-state index is 11.9. The number of urea groups is 1. The standard InChI is InChI=1S/C11H18N2O3/c1-4-6-7(3)13-10(15)8(5-2)9(14)12-11(13)16/h7-8H,4-6H2,1-3H3,(H,12,14,16). The summed E-state index contributed by atoms with van der Waals surface area (Å²) in [5.74, 6) is -1.55. The SMILES string of the molecule is CCCC(C)N1C(=O)NC(=O)C(CC)C1=O. The van der Waals surface area contributed by atoms with Crippen molar-refractivity contribution in [2.75, 3.05) is 0 Å². The Hall–Kier alpha value is -1.39. The van der Waals surface area contributed by atoms with Crippen LogP contribution in [0.25, 0.3) is 0 Å². The average molecular weight is 226 g/mol. The zero-order valence-electron chi connectivity index (χ0n) is 9.95. The third-order valence-electron chi connectivity index (χ3n) is 2.86. The Morgan fingerprint density at radius 3 is 2.44 bits per heavy atom. The van der Waals surface area contributed by atoms with Crippen LogP contribution in [0.5, 0.6) is 0 Å². The van der Waals surface area contributed by atoms with Crippen molar-refractivity contribution in [1.29, 1.82) is 0 Å². The van der Waals surface area contributed by atoms with Gasteiger partial charge in [0, 0.05) is 6.04 Å². The normalized spacial score (nSPS) is 23.3. The summed E-state index contributed by atoms with van der Waals surface area (Å²) in [5, 5.41) is 2.23. The number of nitrogens with zero attached hydrogens (tertiary/aromatic N) is 1. The number of hydrogen-bond donors (Lipinski definition) is 1. The van der Waals surface area contributed by atoms with E-state index in [1.165, 1.54) is 4.90 Å². The molecule has 0 aromatic heterocycles. The molecule has 1 rings (SSSR count). The molecule has 0 bridgehead atoms. The first-order chi connectivity index (χ1) is 7.52. The highest BCUT2D eigenvalue weighted by atomic mass is 16.2. The van der Waals surface area contributed by atoms with Gasteiger partial charge in [-0.2, -0.15) is 0 Å². The van der Waals surface area contributed by atoms with Gasteiger partial charge in [0.25, 0.3) is 0 Å². The van der Waals surface area contributed by atoms with E-state index in [0.29, 0.717) is 6.42 Å². The lowest BCUT2D eigenvalue weighted by Gasteiger charge is -2.33. The van der Waals surface area contributed by atoms with Crippen LogP contribution in [0.2, 0.25) is 0 Å². The monoisotopic (exact) mass is 226 g/mol. The van der Waals surface area contributed by atoms with Crippen molar-refractivity contribution in [2.24, 2.45) is 5.92 Å². The largest absolute Gasteiger partial charge is 0.331 e. The number of carbonyl (C=O) groups excluding carboxylic acids is 3. The van der Waals surface area contributed by atoms with Crippen LogP contribution in [-0.4, -0.2) is 28.8 Å². The van der Waals surface area contributed by atoms with Crippen molar-refractivity contribution in [3.63, 3.8) is 0 Å². The van der Waals surface area contributed by atoms with Crippen LogP contribution in [0, 0.1) is 5.92 Å². The van der Waals surface area contributed by atoms with E-state index in [0.717, 1.165) is 12.8 Å². The molecular formula is C11H18N2O3. The average Bonchev–Trinajstić information content (AvgIpc) is 2.17. The zero-order valence-corrected chi connectivity index (χ0v) is 9.95. The predicted octanol–water partition coefficient (Wildman–Crippen LogP) is 1.28. The molecule has 0 saturated carbocycles. The number of amides is 4. The first-order valence-electron chi connectivity index (χ1n) is 5.70. The van der Waals surface area contributed by atoms with Crippen LogP contribution < -0.4 is 5.32 Å². The van der Waals surface area contributed by atoms with Crippen molar-refractivity contribution in [3.8, 4) is 0 Å². The Labute approximate surface area is 95.2 Å². The van der Waals surface area contributed by atoms with Gasteiger partial charge >= 0.3 is 6.03 Å². The fourth-order valence-corrected chi connectivity index (χ4v) is 1.96. The summed E-state index contributed by atoms with van der Waals surface area (Å²) in [7, 11) is 0. The third kappa shape index (κ3) is 2.23. The number of hydrogen-bond acceptors (Lipinski definition) is 3. The maximum atomic E-state index is 11.9. The summed E-state index contributed by atoms with van der Waals surface area (Å²) in [6.45, 7) is 5.58. The van der Waals surface area contributed by atoms with Gasteiger partial charge in [-0.1, -0.05) is 20.3 Å². The molecule has 0 aliphatic carbocycles. The fraction of sp³-hybridized carbons (Fsp3) is 0.727. The van der Waals surface area contributed by atoms with Crippen molar-refractivity contribution >= 4 is 17.8 Å². The Balaban J connectivity index is 2.87. The summed E-state index contributed by atoms with van der Waals surface area (Å²) < 4.78 is 0. The fourth-order valence-electron chi connectivity index (χ4n) is 1.96. The van der Waals surface area contributed by atoms with Crippen LogP contribution in [0.1, 0.15) is 40.0 Å². The van der Waals surface area contributed by atoms with E-state index < -0.39 is 17.9 Å². The quantitative estimate of drug-likeness (QED) is 0.734. The Kier molecular flexibility index (Phi) is 4.04. The minimum absolute atomic E-state index is 0.153. The van der Waals surface area contributed by atoms with E-state index in [9.17, 15) is 14.4 Å². The molecule has 1 fully saturated rings. The van der Waals surface area contributed by atoms with E-state index in [4.69, 9.17) is 0 Å². The minimum Gasteiger partial charge on any atom is -0.277 e. The van der Waals surface area contributed by atoms with E-state index in [1.54, 1.807) is 6.92 Å². The van der Waals surface area contributed by atoms with Crippen molar-refractivity contribution in [1.82, 2.24) is 10.2 Å². The molecule has 0 aromatic carbocycles. The molecule has 90 valence electrons. The Morgan fingerprint density at radius 2 is 1.94 bits per heavy atom. The maximum Gasteiger partial charge on any atom is 0.331 e. The first-order valence-corrected chi connectivity index (χ1v) is 5.70. The highest BCUT2D eigenvalue weighted by Crippen LogP contribution is 2.18. The van der Waals surface area contributed by atoms with Gasteiger partial charge in [-0.05, 0) is 19.8 Å². The van der Waals surface area contributed by atoms with E-state index in [-0.39, 0.29) is 11.9 Å². The lowest BCUT2D eigenvalue weighted by molar-refractivity contribution is -0.144. The molecule has 1 heterocycles. The van der Waals surface area contributed by atoms with E-state index >= 15 is 0 Å². The van der Waals surface area contributed by atoms with Crippen LogP contribution in [0.3, 0.4) is 0 Å². The molecular weight excluding hydrogens is 208 g/mol.